The molecule has 10 heteroatoms. The first-order valence-electron chi connectivity index (χ1n) is 10.5. The molecule has 0 bridgehead atoms. The van der Waals surface area contributed by atoms with Gasteiger partial charge < -0.3 is 10.1 Å². The Balaban J connectivity index is 1.39. The highest BCUT2D eigenvalue weighted by Gasteiger charge is 2.33. The van der Waals surface area contributed by atoms with E-state index in [0.717, 1.165) is 10.4 Å². The number of thiazole rings is 1. The summed E-state index contributed by atoms with van der Waals surface area (Å²) in [5.41, 5.74) is 0.822. The molecule has 3 aromatic rings. The second-order valence-corrected chi connectivity index (χ2v) is 10.9. The molecule has 1 atom stereocenters. The van der Waals surface area contributed by atoms with Crippen LogP contribution in [0.2, 0.25) is 0 Å². The van der Waals surface area contributed by atoms with E-state index in [9.17, 15) is 17.6 Å². The number of nitrogens with zero attached hydrogens (tertiary/aromatic N) is 2. The van der Waals surface area contributed by atoms with Crippen LogP contribution in [0.3, 0.4) is 0 Å². The molecule has 1 aliphatic heterocycles. The quantitative estimate of drug-likeness (QED) is 0.544. The fourth-order valence-corrected chi connectivity index (χ4v) is 6.15. The minimum Gasteiger partial charge on any atom is -0.497 e. The molecule has 1 fully saturated rings. The number of benzene rings is 2. The zero-order chi connectivity index (χ0) is 23.4. The normalized spacial score (nSPS) is 17.0. The molecule has 1 aliphatic rings. The lowest BCUT2D eigenvalue weighted by atomic mass is 9.99. The predicted molar refractivity (Wildman–Crippen MR) is 124 cm³/mol. The van der Waals surface area contributed by atoms with Crippen LogP contribution in [-0.4, -0.2) is 43.8 Å². The van der Waals surface area contributed by atoms with E-state index < -0.39 is 15.9 Å². The van der Waals surface area contributed by atoms with Crippen LogP contribution in [0.15, 0.2) is 59.6 Å². The molecular weight excluding hydrogens is 465 g/mol. The lowest BCUT2D eigenvalue weighted by molar-refractivity contribution is -0.120. The van der Waals surface area contributed by atoms with E-state index in [2.05, 4.69) is 10.3 Å². The summed E-state index contributed by atoms with van der Waals surface area (Å²) >= 11 is 1.32. The Morgan fingerprint density at radius 2 is 2.06 bits per heavy atom. The van der Waals surface area contributed by atoms with E-state index in [4.69, 9.17) is 4.74 Å². The molecule has 0 spiro atoms. The molecule has 33 heavy (non-hydrogen) atoms. The molecule has 0 saturated carbocycles. The van der Waals surface area contributed by atoms with Crippen molar-refractivity contribution in [1.82, 2.24) is 9.29 Å². The summed E-state index contributed by atoms with van der Waals surface area (Å²) < 4.78 is 45.9. The zero-order valence-corrected chi connectivity index (χ0v) is 19.7. The Hall–Kier alpha value is -2.82. The van der Waals surface area contributed by atoms with Gasteiger partial charge in [-0.15, -0.1) is 11.3 Å². The van der Waals surface area contributed by atoms with Crippen LogP contribution >= 0.6 is 11.3 Å². The Morgan fingerprint density at radius 1 is 1.27 bits per heavy atom. The Labute approximate surface area is 196 Å². The van der Waals surface area contributed by atoms with Crippen molar-refractivity contribution in [2.24, 2.45) is 5.92 Å². The molecule has 1 amide bonds. The monoisotopic (exact) mass is 489 g/mol. The Bertz CT molecular complexity index is 1230. The fraction of sp³-hybridized carbons (Fsp3) is 0.304. The van der Waals surface area contributed by atoms with Crippen molar-refractivity contribution in [3.05, 3.63) is 71.0 Å². The smallest absolute Gasteiger partial charge is 0.243 e. The standard InChI is InChI=1S/C23H24FN3O4S2/c1-31-19-7-9-21(10-8-19)33(29,30)27-11-3-5-17(15-27)22(28)26-23-25-14-20(32-23)13-16-4-2-6-18(24)12-16/h2,4,6-10,12,14,17H,3,5,11,13,15H2,1H3,(H,25,26,28). The summed E-state index contributed by atoms with van der Waals surface area (Å²) in [7, 11) is -2.19. The van der Waals surface area contributed by atoms with Gasteiger partial charge >= 0.3 is 0 Å². The molecule has 1 unspecified atom stereocenters. The van der Waals surface area contributed by atoms with Gasteiger partial charge in [-0.1, -0.05) is 12.1 Å². The lowest BCUT2D eigenvalue weighted by Gasteiger charge is -2.31. The second-order valence-electron chi connectivity index (χ2n) is 7.81. The summed E-state index contributed by atoms with van der Waals surface area (Å²) in [6.07, 6.45) is 3.37. The number of halogens is 1. The molecule has 0 radical (unpaired) electrons. The van der Waals surface area contributed by atoms with Crippen LogP contribution in [0.4, 0.5) is 9.52 Å². The number of carbonyl (C=O) groups excluding carboxylic acids is 1. The molecule has 174 valence electrons. The summed E-state index contributed by atoms with van der Waals surface area (Å²) in [6, 6.07) is 12.6. The summed E-state index contributed by atoms with van der Waals surface area (Å²) in [5.74, 6) is -0.444. The molecular formula is C23H24FN3O4S2. The number of nitrogens with one attached hydrogen (secondary N) is 1. The Kier molecular flexibility index (Phi) is 7.06. The molecule has 1 aromatic heterocycles. The van der Waals surface area contributed by atoms with Gasteiger partial charge in [0.2, 0.25) is 15.9 Å². The van der Waals surface area contributed by atoms with E-state index >= 15 is 0 Å². The molecule has 1 saturated heterocycles. The zero-order valence-electron chi connectivity index (χ0n) is 18.0. The van der Waals surface area contributed by atoms with E-state index in [1.165, 1.54) is 47.0 Å². The number of ether oxygens (including phenoxy) is 1. The summed E-state index contributed by atoms with van der Waals surface area (Å²) in [4.78, 5) is 18.2. The maximum absolute atomic E-state index is 13.4. The van der Waals surface area contributed by atoms with Gasteiger partial charge in [0.15, 0.2) is 5.13 Å². The minimum absolute atomic E-state index is 0.113. The van der Waals surface area contributed by atoms with Crippen molar-refractivity contribution in [2.45, 2.75) is 24.2 Å². The average Bonchev–Trinajstić information content (AvgIpc) is 3.25. The van der Waals surface area contributed by atoms with E-state index in [1.54, 1.807) is 24.4 Å². The SMILES string of the molecule is COc1ccc(S(=O)(=O)N2CCCC(C(=O)Nc3ncc(Cc4cccc(F)c4)s3)C2)cc1. The van der Waals surface area contributed by atoms with Gasteiger partial charge in [-0.25, -0.2) is 17.8 Å². The van der Waals surface area contributed by atoms with Gasteiger partial charge in [-0.3, -0.25) is 4.79 Å². The first-order valence-corrected chi connectivity index (χ1v) is 12.7. The lowest BCUT2D eigenvalue weighted by Crippen LogP contribution is -2.43. The molecule has 1 N–H and O–H groups in total. The number of amides is 1. The summed E-state index contributed by atoms with van der Waals surface area (Å²) in [6.45, 7) is 0.481. The van der Waals surface area contributed by atoms with Crippen LogP contribution in [0, 0.1) is 11.7 Å². The highest BCUT2D eigenvalue weighted by atomic mass is 32.2. The third-order valence-electron chi connectivity index (χ3n) is 5.50. The van der Waals surface area contributed by atoms with Gasteiger partial charge in [0.05, 0.1) is 17.9 Å². The van der Waals surface area contributed by atoms with Gasteiger partial charge in [0.25, 0.3) is 0 Å². The van der Waals surface area contributed by atoms with Crippen LogP contribution in [0.1, 0.15) is 23.3 Å². The topological polar surface area (TPSA) is 88.6 Å². The number of carbonyl (C=O) groups is 1. The molecule has 7 nitrogen and oxygen atoms in total. The minimum atomic E-state index is -3.71. The first-order chi connectivity index (χ1) is 15.8. The number of hydrogen-bond donors (Lipinski definition) is 1. The third-order valence-corrected chi connectivity index (χ3v) is 8.30. The van der Waals surface area contributed by atoms with Crippen molar-refractivity contribution in [2.75, 3.05) is 25.5 Å². The number of sulfonamides is 1. The number of hydrogen-bond acceptors (Lipinski definition) is 6. The van der Waals surface area contributed by atoms with Crippen molar-refractivity contribution in [3.8, 4) is 5.75 Å². The third kappa shape index (κ3) is 5.58. The van der Waals surface area contributed by atoms with Crippen molar-refractivity contribution in [3.63, 3.8) is 0 Å². The van der Waals surface area contributed by atoms with Crippen molar-refractivity contribution in [1.29, 1.82) is 0 Å². The maximum Gasteiger partial charge on any atom is 0.243 e. The van der Waals surface area contributed by atoms with Gasteiger partial charge in [0, 0.05) is 30.6 Å². The Morgan fingerprint density at radius 3 is 2.79 bits per heavy atom. The largest absolute Gasteiger partial charge is 0.497 e. The second kappa shape index (κ2) is 9.98. The maximum atomic E-state index is 13.4. The van der Waals surface area contributed by atoms with Gasteiger partial charge in [-0.2, -0.15) is 4.31 Å². The van der Waals surface area contributed by atoms with Gasteiger partial charge in [-0.05, 0) is 54.8 Å². The fourth-order valence-electron chi connectivity index (χ4n) is 3.77. The highest BCUT2D eigenvalue weighted by Crippen LogP contribution is 2.27. The summed E-state index contributed by atoms with van der Waals surface area (Å²) in [5, 5.41) is 3.26. The van der Waals surface area contributed by atoms with E-state index in [-0.39, 0.29) is 23.2 Å². The van der Waals surface area contributed by atoms with Crippen LogP contribution < -0.4 is 10.1 Å². The average molecular weight is 490 g/mol. The van der Waals surface area contributed by atoms with E-state index in [0.29, 0.717) is 36.7 Å². The van der Waals surface area contributed by atoms with Crippen molar-refractivity contribution < 1.29 is 22.3 Å². The molecule has 4 rings (SSSR count). The highest BCUT2D eigenvalue weighted by molar-refractivity contribution is 7.89. The number of piperidine rings is 1. The van der Waals surface area contributed by atoms with Crippen molar-refractivity contribution >= 4 is 32.4 Å². The predicted octanol–water partition coefficient (Wildman–Crippen LogP) is 3.92. The first kappa shape index (κ1) is 23.3. The molecule has 2 aromatic carbocycles. The van der Waals surface area contributed by atoms with E-state index in [1.807, 2.05) is 6.07 Å². The number of methoxy groups -OCH3 is 1. The number of rotatable bonds is 7. The van der Waals surface area contributed by atoms with Crippen LogP contribution in [0.25, 0.3) is 0 Å². The number of aromatic nitrogens is 1. The molecule has 0 aliphatic carbocycles. The number of anilines is 1. The van der Waals surface area contributed by atoms with Crippen LogP contribution in [0.5, 0.6) is 5.75 Å². The van der Waals surface area contributed by atoms with Crippen LogP contribution in [-0.2, 0) is 21.2 Å². The van der Waals surface area contributed by atoms with Gasteiger partial charge in [0.1, 0.15) is 11.6 Å². The molecule has 2 heterocycles.